The maximum Gasteiger partial charge on any atom is 0.190 e. The van der Waals surface area contributed by atoms with Gasteiger partial charge in [-0.3, -0.25) is 9.89 Å². The predicted octanol–water partition coefficient (Wildman–Crippen LogP) is 2.38. The molecule has 1 saturated heterocycles. The molecule has 1 fully saturated rings. The molecular weight excluding hydrogens is 312 g/mol. The lowest BCUT2D eigenvalue weighted by Gasteiger charge is -2.26. The van der Waals surface area contributed by atoms with Crippen LogP contribution in [0.1, 0.15) is 36.8 Å². The van der Waals surface area contributed by atoms with E-state index < -0.39 is 0 Å². The fourth-order valence-corrected chi connectivity index (χ4v) is 3.06. The Morgan fingerprint density at radius 1 is 1.24 bits per heavy atom. The summed E-state index contributed by atoms with van der Waals surface area (Å²) in [5, 5.41) is 6.86. The summed E-state index contributed by atoms with van der Waals surface area (Å²) in [6, 6.07) is 8.72. The predicted molar refractivity (Wildman–Crippen MR) is 105 cm³/mol. The van der Waals surface area contributed by atoms with Crippen LogP contribution in [0.15, 0.2) is 29.3 Å². The van der Waals surface area contributed by atoms with Gasteiger partial charge in [0, 0.05) is 33.2 Å². The first-order valence-corrected chi connectivity index (χ1v) is 9.50. The first-order chi connectivity index (χ1) is 12.2. The van der Waals surface area contributed by atoms with E-state index in [1.165, 1.54) is 24.1 Å². The van der Waals surface area contributed by atoms with Crippen LogP contribution in [-0.4, -0.2) is 63.8 Å². The van der Waals surface area contributed by atoms with Crippen molar-refractivity contribution in [3.8, 4) is 0 Å². The van der Waals surface area contributed by atoms with Gasteiger partial charge >= 0.3 is 0 Å². The third-order valence-electron chi connectivity index (χ3n) is 4.71. The van der Waals surface area contributed by atoms with Crippen molar-refractivity contribution in [3.63, 3.8) is 0 Å². The molecule has 2 rings (SSSR count). The number of rotatable bonds is 8. The summed E-state index contributed by atoms with van der Waals surface area (Å²) < 4.78 is 5.38. The monoisotopic (exact) mass is 346 g/mol. The van der Waals surface area contributed by atoms with Crippen LogP contribution in [0.25, 0.3) is 0 Å². The maximum absolute atomic E-state index is 5.38. The summed E-state index contributed by atoms with van der Waals surface area (Å²) in [6.45, 7) is 11.3. The quantitative estimate of drug-likeness (QED) is 0.431. The fraction of sp³-hybridized carbons (Fsp3) is 0.650. The summed E-state index contributed by atoms with van der Waals surface area (Å²) in [4.78, 5) is 6.81. The van der Waals surface area contributed by atoms with Gasteiger partial charge in [0.15, 0.2) is 5.96 Å². The van der Waals surface area contributed by atoms with E-state index in [2.05, 4.69) is 58.6 Å². The number of hydrogen-bond acceptors (Lipinski definition) is 3. The van der Waals surface area contributed by atoms with E-state index in [1.54, 1.807) is 0 Å². The lowest BCUT2D eigenvalue weighted by molar-refractivity contribution is 0.0372. The van der Waals surface area contributed by atoms with Crippen molar-refractivity contribution >= 4 is 5.96 Å². The first kappa shape index (κ1) is 19.7. The zero-order chi connectivity index (χ0) is 17.9. The molecule has 0 radical (unpaired) electrons. The first-order valence-electron chi connectivity index (χ1n) is 9.50. The number of benzene rings is 1. The molecule has 1 aromatic rings. The summed E-state index contributed by atoms with van der Waals surface area (Å²) in [6.07, 6.45) is 2.37. The number of aryl methyl sites for hydroxylation is 1. The molecule has 0 aliphatic carbocycles. The number of guanidine groups is 1. The molecule has 1 unspecified atom stereocenters. The van der Waals surface area contributed by atoms with Gasteiger partial charge in [0.1, 0.15) is 0 Å². The molecule has 1 aromatic carbocycles. The Morgan fingerprint density at radius 3 is 2.76 bits per heavy atom. The third-order valence-corrected chi connectivity index (χ3v) is 4.71. The molecule has 0 spiro atoms. The molecule has 1 aliphatic heterocycles. The van der Waals surface area contributed by atoms with Gasteiger partial charge in [0.25, 0.3) is 0 Å². The summed E-state index contributed by atoms with van der Waals surface area (Å²) in [7, 11) is 1.83. The van der Waals surface area contributed by atoms with E-state index in [-0.39, 0.29) is 0 Å². The lowest BCUT2D eigenvalue weighted by atomic mass is 9.99. The van der Waals surface area contributed by atoms with E-state index >= 15 is 0 Å². The number of nitrogens with zero attached hydrogens (tertiary/aromatic N) is 2. The Kier molecular flexibility index (Phi) is 8.77. The highest BCUT2D eigenvalue weighted by Crippen LogP contribution is 2.15. The van der Waals surface area contributed by atoms with Gasteiger partial charge in [0.05, 0.1) is 13.2 Å². The van der Waals surface area contributed by atoms with Gasteiger partial charge in [-0.15, -0.1) is 0 Å². The Bertz CT molecular complexity index is 526. The third kappa shape index (κ3) is 7.45. The zero-order valence-corrected chi connectivity index (χ0v) is 16.1. The van der Waals surface area contributed by atoms with Crippen molar-refractivity contribution in [2.75, 3.05) is 53.0 Å². The Hall–Kier alpha value is -1.59. The highest BCUT2D eigenvalue weighted by molar-refractivity contribution is 5.79. The summed E-state index contributed by atoms with van der Waals surface area (Å²) >= 11 is 0. The van der Waals surface area contributed by atoms with Crippen molar-refractivity contribution in [1.29, 1.82) is 0 Å². The highest BCUT2D eigenvalue weighted by atomic mass is 16.5. The van der Waals surface area contributed by atoms with Gasteiger partial charge in [0.2, 0.25) is 0 Å². The molecule has 0 amide bonds. The Balaban J connectivity index is 1.60. The molecule has 0 saturated carbocycles. The average molecular weight is 347 g/mol. The highest BCUT2D eigenvalue weighted by Gasteiger charge is 2.09. The van der Waals surface area contributed by atoms with Crippen LogP contribution < -0.4 is 10.6 Å². The van der Waals surface area contributed by atoms with Gasteiger partial charge in [-0.1, -0.05) is 36.8 Å². The molecule has 140 valence electrons. The van der Waals surface area contributed by atoms with E-state index in [1.807, 2.05) is 7.05 Å². The molecule has 0 bridgehead atoms. The van der Waals surface area contributed by atoms with Crippen molar-refractivity contribution in [2.24, 2.45) is 4.99 Å². The minimum atomic E-state index is 0.458. The van der Waals surface area contributed by atoms with Crippen LogP contribution in [0, 0.1) is 6.92 Å². The number of hydrogen-bond donors (Lipinski definition) is 2. The van der Waals surface area contributed by atoms with Gasteiger partial charge in [-0.2, -0.15) is 0 Å². The number of morpholine rings is 1. The number of ether oxygens (including phenoxy) is 1. The second-order valence-corrected chi connectivity index (χ2v) is 6.86. The number of aliphatic imine (C=N–C) groups is 1. The lowest BCUT2D eigenvalue weighted by Crippen LogP contribution is -2.40. The van der Waals surface area contributed by atoms with E-state index in [0.717, 1.165) is 51.8 Å². The minimum absolute atomic E-state index is 0.458. The van der Waals surface area contributed by atoms with Crippen LogP contribution in [0.2, 0.25) is 0 Å². The minimum Gasteiger partial charge on any atom is -0.379 e. The second-order valence-electron chi connectivity index (χ2n) is 6.86. The average Bonchev–Trinajstić information content (AvgIpc) is 2.64. The van der Waals surface area contributed by atoms with Gasteiger partial charge in [-0.25, -0.2) is 0 Å². The summed E-state index contributed by atoms with van der Waals surface area (Å²) in [5.74, 6) is 1.35. The standard InChI is InChI=1S/C20H34N4O/c1-17-7-6-8-19(15-17)18(2)16-23-20(21-3)22-9-4-5-10-24-11-13-25-14-12-24/h6-8,15,18H,4-5,9-14,16H2,1-3H3,(H2,21,22,23). The molecule has 5 heteroatoms. The van der Waals surface area contributed by atoms with E-state index in [4.69, 9.17) is 4.74 Å². The van der Waals surface area contributed by atoms with E-state index in [0.29, 0.717) is 5.92 Å². The molecule has 1 aliphatic rings. The van der Waals surface area contributed by atoms with Crippen molar-refractivity contribution in [3.05, 3.63) is 35.4 Å². The van der Waals surface area contributed by atoms with Crippen LogP contribution in [0.3, 0.4) is 0 Å². The van der Waals surface area contributed by atoms with Crippen molar-refractivity contribution in [2.45, 2.75) is 32.6 Å². The zero-order valence-electron chi connectivity index (χ0n) is 16.1. The number of nitrogens with one attached hydrogen (secondary N) is 2. The second kappa shape index (κ2) is 11.1. The topological polar surface area (TPSA) is 48.9 Å². The number of unbranched alkanes of at least 4 members (excludes halogenated alkanes) is 1. The van der Waals surface area contributed by atoms with Gasteiger partial charge in [-0.05, 0) is 37.8 Å². The van der Waals surface area contributed by atoms with Crippen LogP contribution in [-0.2, 0) is 4.74 Å². The Morgan fingerprint density at radius 2 is 2.04 bits per heavy atom. The Labute approximate surface area is 152 Å². The molecule has 25 heavy (non-hydrogen) atoms. The molecule has 5 nitrogen and oxygen atoms in total. The molecule has 0 aromatic heterocycles. The van der Waals surface area contributed by atoms with Crippen molar-refractivity contribution in [1.82, 2.24) is 15.5 Å². The maximum atomic E-state index is 5.38. The molecule has 1 atom stereocenters. The van der Waals surface area contributed by atoms with E-state index in [9.17, 15) is 0 Å². The fourth-order valence-electron chi connectivity index (χ4n) is 3.06. The van der Waals surface area contributed by atoms with Crippen LogP contribution >= 0.6 is 0 Å². The summed E-state index contributed by atoms with van der Waals surface area (Å²) in [5.41, 5.74) is 2.68. The largest absolute Gasteiger partial charge is 0.379 e. The van der Waals surface area contributed by atoms with Gasteiger partial charge < -0.3 is 15.4 Å². The molecular formula is C20H34N4O. The molecule has 2 N–H and O–H groups in total. The SMILES string of the molecule is CN=C(NCCCCN1CCOCC1)NCC(C)c1cccc(C)c1. The molecule has 1 heterocycles. The smallest absolute Gasteiger partial charge is 0.190 e. The van der Waals surface area contributed by atoms with Crippen molar-refractivity contribution < 1.29 is 4.74 Å². The normalized spacial score (nSPS) is 17.3. The van der Waals surface area contributed by atoms with Crippen LogP contribution in [0.5, 0.6) is 0 Å². The van der Waals surface area contributed by atoms with Crippen LogP contribution in [0.4, 0.5) is 0 Å².